The molecule has 2 aliphatic rings. The van der Waals surface area contributed by atoms with Gasteiger partial charge in [-0.15, -0.1) is 0 Å². The lowest BCUT2D eigenvalue weighted by atomic mass is 9.89. The Morgan fingerprint density at radius 1 is 1.06 bits per heavy atom. The van der Waals surface area contributed by atoms with E-state index in [2.05, 4.69) is 10.4 Å². The second-order valence-electron chi connectivity index (χ2n) is 9.20. The van der Waals surface area contributed by atoms with Crippen molar-refractivity contribution < 1.29 is 22.4 Å². The first kappa shape index (κ1) is 23.7. The van der Waals surface area contributed by atoms with Gasteiger partial charge in [0, 0.05) is 30.9 Å². The number of nitrogens with zero attached hydrogens (tertiary/aromatic N) is 3. The van der Waals surface area contributed by atoms with Crippen molar-refractivity contribution in [2.24, 2.45) is 5.92 Å². The van der Waals surface area contributed by atoms with E-state index in [1.165, 1.54) is 6.42 Å². The average molecular weight is 467 g/mol. The summed E-state index contributed by atoms with van der Waals surface area (Å²) in [5, 5.41) is 1.86. The molecule has 2 heterocycles. The third kappa shape index (κ3) is 5.57. The van der Waals surface area contributed by atoms with Gasteiger partial charge in [-0.25, -0.2) is 14.4 Å². The zero-order valence-corrected chi connectivity index (χ0v) is 18.8. The highest BCUT2D eigenvalue weighted by Crippen LogP contribution is 2.35. The lowest BCUT2D eigenvalue weighted by Gasteiger charge is -2.26. The molecule has 180 valence electrons. The van der Waals surface area contributed by atoms with Gasteiger partial charge in [0.1, 0.15) is 11.6 Å². The fourth-order valence-corrected chi connectivity index (χ4v) is 4.91. The van der Waals surface area contributed by atoms with Gasteiger partial charge in [0.25, 0.3) is 5.91 Å². The number of carbonyl (C=O) groups excluding carboxylic acids is 1. The minimum absolute atomic E-state index is 0.0262. The summed E-state index contributed by atoms with van der Waals surface area (Å²) in [6.45, 7) is 3.80. The van der Waals surface area contributed by atoms with E-state index in [1.54, 1.807) is 11.5 Å². The van der Waals surface area contributed by atoms with Crippen molar-refractivity contribution in [2.75, 3.05) is 13.1 Å². The Hall–Kier alpha value is -2.42. The Balaban J connectivity index is 1.72. The molecule has 1 saturated carbocycles. The van der Waals surface area contributed by atoms with Gasteiger partial charge in [0.15, 0.2) is 5.69 Å². The van der Waals surface area contributed by atoms with Crippen molar-refractivity contribution in [1.29, 1.82) is 0 Å². The Kier molecular flexibility index (Phi) is 7.07. The van der Waals surface area contributed by atoms with Crippen LogP contribution in [0.3, 0.4) is 0 Å². The zero-order chi connectivity index (χ0) is 23.6. The largest absolute Gasteiger partial charge is 0.416 e. The average Bonchev–Trinajstić information content (AvgIpc) is 3.10. The number of amides is 1. The number of hydrogen-bond donors (Lipinski definition) is 1. The van der Waals surface area contributed by atoms with Crippen LogP contribution in [0.5, 0.6) is 0 Å². The van der Waals surface area contributed by atoms with Gasteiger partial charge in [-0.05, 0) is 56.7 Å². The van der Waals surface area contributed by atoms with Crippen LogP contribution in [-0.4, -0.2) is 33.6 Å². The Morgan fingerprint density at radius 3 is 2.39 bits per heavy atom. The Bertz CT molecular complexity index is 989. The molecule has 0 spiro atoms. The molecule has 1 saturated heterocycles. The Labute approximate surface area is 191 Å². The fourth-order valence-electron chi connectivity index (χ4n) is 4.91. The van der Waals surface area contributed by atoms with Crippen molar-refractivity contribution in [1.82, 2.24) is 20.0 Å². The van der Waals surface area contributed by atoms with E-state index in [-0.39, 0.29) is 23.0 Å². The fraction of sp³-hybridized carbons (Fsp3) is 0.583. The molecule has 2 aromatic rings. The van der Waals surface area contributed by atoms with Crippen molar-refractivity contribution in [3.05, 3.63) is 41.0 Å². The van der Waals surface area contributed by atoms with Crippen LogP contribution in [-0.2, 0) is 12.7 Å². The van der Waals surface area contributed by atoms with E-state index in [0.717, 1.165) is 70.2 Å². The number of halogens is 4. The standard InChI is InChI=1S/C24H30F4N4O/c1-16-21(23(33)30-31-10-6-3-7-11-31)29-22(32(16)15-17-8-4-2-5-9-17)18-12-19(24(26,27)28)14-20(25)13-18/h12-14,17H,2-11,15H2,1H3,(H,30,33). The minimum Gasteiger partial charge on any atom is -0.327 e. The summed E-state index contributed by atoms with van der Waals surface area (Å²) in [4.78, 5) is 17.5. The topological polar surface area (TPSA) is 50.2 Å². The van der Waals surface area contributed by atoms with E-state index in [9.17, 15) is 22.4 Å². The van der Waals surface area contributed by atoms with Crippen LogP contribution in [0, 0.1) is 18.7 Å². The van der Waals surface area contributed by atoms with Gasteiger partial charge in [-0.1, -0.05) is 25.7 Å². The van der Waals surface area contributed by atoms with Gasteiger partial charge in [-0.3, -0.25) is 10.2 Å². The number of hydrogen-bond acceptors (Lipinski definition) is 3. The number of benzene rings is 1. The first-order valence-corrected chi connectivity index (χ1v) is 11.7. The third-order valence-corrected chi connectivity index (χ3v) is 6.70. The van der Waals surface area contributed by atoms with Crippen molar-refractivity contribution in [3.8, 4) is 11.4 Å². The van der Waals surface area contributed by atoms with Gasteiger partial charge >= 0.3 is 6.18 Å². The van der Waals surface area contributed by atoms with E-state index in [0.29, 0.717) is 24.2 Å². The molecule has 5 nitrogen and oxygen atoms in total. The second-order valence-corrected chi connectivity index (χ2v) is 9.20. The summed E-state index contributed by atoms with van der Waals surface area (Å²) in [6.07, 6.45) is 3.84. The van der Waals surface area contributed by atoms with Gasteiger partial charge in [-0.2, -0.15) is 13.2 Å². The number of hydrazine groups is 1. The molecular formula is C24H30F4N4O. The minimum atomic E-state index is -4.68. The monoisotopic (exact) mass is 466 g/mol. The summed E-state index contributed by atoms with van der Waals surface area (Å²) >= 11 is 0. The summed E-state index contributed by atoms with van der Waals surface area (Å²) in [5.41, 5.74) is 2.60. The number of aromatic nitrogens is 2. The molecule has 1 aliphatic carbocycles. The smallest absolute Gasteiger partial charge is 0.327 e. The summed E-state index contributed by atoms with van der Waals surface area (Å²) in [5.74, 6) is -0.819. The van der Waals surface area contributed by atoms with E-state index in [1.807, 2.05) is 5.01 Å². The van der Waals surface area contributed by atoms with Gasteiger partial charge < -0.3 is 4.57 Å². The molecule has 0 atom stereocenters. The molecule has 1 amide bonds. The quantitative estimate of drug-likeness (QED) is 0.573. The molecule has 4 rings (SSSR count). The maximum atomic E-state index is 14.2. The summed E-state index contributed by atoms with van der Waals surface area (Å²) in [7, 11) is 0. The lowest BCUT2D eigenvalue weighted by molar-refractivity contribution is -0.137. The molecule has 1 aromatic heterocycles. The molecule has 2 fully saturated rings. The molecule has 0 unspecified atom stereocenters. The molecule has 1 N–H and O–H groups in total. The lowest BCUT2D eigenvalue weighted by Crippen LogP contribution is -2.45. The molecule has 0 bridgehead atoms. The van der Waals surface area contributed by atoms with Crippen molar-refractivity contribution in [3.63, 3.8) is 0 Å². The zero-order valence-electron chi connectivity index (χ0n) is 18.8. The third-order valence-electron chi connectivity index (χ3n) is 6.70. The molecule has 0 radical (unpaired) electrons. The molecule has 33 heavy (non-hydrogen) atoms. The number of piperidine rings is 1. The van der Waals surface area contributed by atoms with Crippen LogP contribution in [0.15, 0.2) is 18.2 Å². The molecule has 1 aromatic carbocycles. The van der Waals surface area contributed by atoms with Gasteiger partial charge in [0.2, 0.25) is 0 Å². The number of nitrogens with one attached hydrogen (secondary N) is 1. The maximum Gasteiger partial charge on any atom is 0.416 e. The van der Waals surface area contributed by atoms with Crippen LogP contribution in [0.4, 0.5) is 17.6 Å². The van der Waals surface area contributed by atoms with E-state index < -0.39 is 17.6 Å². The van der Waals surface area contributed by atoms with Gasteiger partial charge in [0.05, 0.1) is 5.56 Å². The van der Waals surface area contributed by atoms with Crippen molar-refractivity contribution >= 4 is 5.91 Å². The molecule has 1 aliphatic heterocycles. The summed E-state index contributed by atoms with van der Waals surface area (Å²) < 4.78 is 56.0. The first-order chi connectivity index (χ1) is 15.7. The number of rotatable bonds is 5. The first-order valence-electron chi connectivity index (χ1n) is 11.7. The number of alkyl halides is 3. The van der Waals surface area contributed by atoms with Crippen molar-refractivity contribution in [2.45, 2.75) is 71.0 Å². The highest BCUT2D eigenvalue weighted by atomic mass is 19.4. The highest BCUT2D eigenvalue weighted by molar-refractivity contribution is 5.94. The van der Waals surface area contributed by atoms with Crippen LogP contribution < -0.4 is 5.43 Å². The summed E-state index contributed by atoms with van der Waals surface area (Å²) in [6, 6.07) is 2.45. The van der Waals surface area contributed by atoms with Crippen LogP contribution in [0.1, 0.15) is 73.1 Å². The molecular weight excluding hydrogens is 436 g/mol. The molecule has 9 heteroatoms. The predicted octanol–water partition coefficient (Wildman–Crippen LogP) is 5.73. The van der Waals surface area contributed by atoms with Crippen LogP contribution in [0.2, 0.25) is 0 Å². The number of carbonyl (C=O) groups is 1. The van der Waals surface area contributed by atoms with Crippen LogP contribution >= 0.6 is 0 Å². The predicted molar refractivity (Wildman–Crippen MR) is 117 cm³/mol. The Morgan fingerprint density at radius 2 is 1.73 bits per heavy atom. The van der Waals surface area contributed by atoms with E-state index in [4.69, 9.17) is 0 Å². The second kappa shape index (κ2) is 9.83. The van der Waals surface area contributed by atoms with E-state index >= 15 is 0 Å². The van der Waals surface area contributed by atoms with Crippen LogP contribution in [0.25, 0.3) is 11.4 Å². The maximum absolute atomic E-state index is 14.2. The SMILES string of the molecule is Cc1c(C(=O)NN2CCCCC2)nc(-c2cc(F)cc(C(F)(F)F)c2)n1CC1CCCCC1. The normalized spacial score (nSPS) is 18.5. The number of imidazole rings is 1. The highest BCUT2D eigenvalue weighted by Gasteiger charge is 2.32.